The smallest absolute Gasteiger partial charge is 0.324 e. The highest BCUT2D eigenvalue weighted by Gasteiger charge is 2.34. The van der Waals surface area contributed by atoms with Gasteiger partial charge in [0.15, 0.2) is 0 Å². The molecule has 0 saturated carbocycles. The zero-order valence-electron chi connectivity index (χ0n) is 15.7. The fourth-order valence-corrected chi connectivity index (χ4v) is 4.19. The number of alkyl halides is 3. The first-order chi connectivity index (χ1) is 14.6. The lowest BCUT2D eigenvalue weighted by Gasteiger charge is -2.19. The van der Waals surface area contributed by atoms with Crippen molar-refractivity contribution in [2.24, 2.45) is 0 Å². The average molecular weight is 472 g/mol. The molecule has 1 amide bonds. The zero-order chi connectivity index (χ0) is 22.6. The number of halogens is 6. The number of rotatable bonds is 6. The van der Waals surface area contributed by atoms with Gasteiger partial charge in [-0.05, 0) is 47.5 Å². The lowest BCUT2D eigenvalue weighted by atomic mass is 10.0. The number of para-hydroxylation sites is 1. The van der Waals surface area contributed by atoms with Crippen LogP contribution in [0, 0.1) is 11.6 Å². The van der Waals surface area contributed by atoms with Crippen LogP contribution in [-0.4, -0.2) is 11.7 Å². The second-order valence-electron chi connectivity index (χ2n) is 6.50. The fourth-order valence-electron chi connectivity index (χ4n) is 2.88. The molecular formula is C22H15ClF5NOS. The zero-order valence-corrected chi connectivity index (χ0v) is 17.3. The van der Waals surface area contributed by atoms with Crippen molar-refractivity contribution in [2.75, 3.05) is 11.1 Å². The van der Waals surface area contributed by atoms with Gasteiger partial charge < -0.3 is 5.32 Å². The van der Waals surface area contributed by atoms with E-state index in [9.17, 15) is 26.7 Å². The van der Waals surface area contributed by atoms with Crippen LogP contribution >= 0.6 is 23.4 Å². The Morgan fingerprint density at radius 3 is 1.90 bits per heavy atom. The summed E-state index contributed by atoms with van der Waals surface area (Å²) in [6, 6.07) is 14.4. The van der Waals surface area contributed by atoms with E-state index in [1.54, 1.807) is 0 Å². The molecule has 0 fully saturated rings. The highest BCUT2D eigenvalue weighted by atomic mass is 35.5. The molecule has 0 heterocycles. The summed E-state index contributed by atoms with van der Waals surface area (Å²) < 4.78 is 66.3. The van der Waals surface area contributed by atoms with Gasteiger partial charge in [0.2, 0.25) is 5.91 Å². The minimum atomic E-state index is -4.69. The van der Waals surface area contributed by atoms with Crippen LogP contribution in [0.25, 0.3) is 0 Å². The minimum absolute atomic E-state index is 0.220. The van der Waals surface area contributed by atoms with Crippen molar-refractivity contribution >= 4 is 35.0 Å². The monoisotopic (exact) mass is 471 g/mol. The summed E-state index contributed by atoms with van der Waals surface area (Å²) >= 11 is 6.98. The van der Waals surface area contributed by atoms with E-state index in [0.717, 1.165) is 23.9 Å². The molecule has 0 aliphatic heterocycles. The molecule has 9 heteroatoms. The van der Waals surface area contributed by atoms with Crippen molar-refractivity contribution in [2.45, 2.75) is 11.4 Å². The van der Waals surface area contributed by atoms with Gasteiger partial charge >= 0.3 is 6.18 Å². The van der Waals surface area contributed by atoms with Crippen LogP contribution < -0.4 is 5.32 Å². The van der Waals surface area contributed by atoms with Crippen LogP contribution in [0.2, 0.25) is 5.02 Å². The number of anilines is 1. The molecule has 0 aliphatic carbocycles. The topological polar surface area (TPSA) is 29.1 Å². The Balaban J connectivity index is 1.80. The molecule has 0 aliphatic rings. The predicted molar refractivity (Wildman–Crippen MR) is 112 cm³/mol. The summed E-state index contributed by atoms with van der Waals surface area (Å²) in [5.41, 5.74) is -0.256. The van der Waals surface area contributed by atoms with Gasteiger partial charge in [-0.1, -0.05) is 41.9 Å². The molecule has 3 rings (SSSR count). The first-order valence-corrected chi connectivity index (χ1v) is 10.4. The lowest BCUT2D eigenvalue weighted by molar-refractivity contribution is -0.137. The van der Waals surface area contributed by atoms with E-state index in [4.69, 9.17) is 11.6 Å². The number of amides is 1. The van der Waals surface area contributed by atoms with Crippen molar-refractivity contribution < 1.29 is 26.7 Å². The fraction of sp³-hybridized carbons (Fsp3) is 0.136. The summed E-state index contributed by atoms with van der Waals surface area (Å²) in [4.78, 5) is 12.4. The molecule has 0 spiro atoms. The van der Waals surface area contributed by atoms with E-state index in [2.05, 4.69) is 5.32 Å². The Hall–Kier alpha value is -2.58. The number of nitrogens with one attached hydrogen (secondary N) is 1. The average Bonchev–Trinajstić information content (AvgIpc) is 2.71. The summed E-state index contributed by atoms with van der Waals surface area (Å²) in [6.07, 6.45) is -4.69. The van der Waals surface area contributed by atoms with Crippen LogP contribution in [0.5, 0.6) is 0 Å². The second kappa shape index (κ2) is 9.70. The van der Waals surface area contributed by atoms with Gasteiger partial charge in [0.05, 0.1) is 27.3 Å². The Morgan fingerprint density at radius 1 is 0.903 bits per heavy atom. The number of hydrogen-bond acceptors (Lipinski definition) is 2. The largest absolute Gasteiger partial charge is 0.418 e. The van der Waals surface area contributed by atoms with Gasteiger partial charge in [0.1, 0.15) is 11.6 Å². The van der Waals surface area contributed by atoms with Crippen LogP contribution in [-0.2, 0) is 11.0 Å². The first kappa shape index (κ1) is 23.1. The van der Waals surface area contributed by atoms with Crippen molar-refractivity contribution in [3.63, 3.8) is 0 Å². The van der Waals surface area contributed by atoms with Crippen molar-refractivity contribution in [1.82, 2.24) is 0 Å². The normalized spacial score (nSPS) is 11.6. The number of thioether (sulfide) groups is 1. The summed E-state index contributed by atoms with van der Waals surface area (Å²) in [5.74, 6) is -1.80. The van der Waals surface area contributed by atoms with Gasteiger partial charge in [-0.25, -0.2) is 8.78 Å². The molecule has 0 saturated heterocycles. The third-order valence-electron chi connectivity index (χ3n) is 4.31. The van der Waals surface area contributed by atoms with E-state index >= 15 is 0 Å². The molecular weight excluding hydrogens is 457 g/mol. The summed E-state index contributed by atoms with van der Waals surface area (Å²) in [7, 11) is 0. The molecule has 0 radical (unpaired) electrons. The Bertz CT molecular complexity index is 1010. The first-order valence-electron chi connectivity index (χ1n) is 8.93. The van der Waals surface area contributed by atoms with Crippen molar-refractivity contribution in [3.8, 4) is 0 Å². The SMILES string of the molecule is O=C(CSC(c1ccc(F)cc1)c1ccc(F)cc1)Nc1c(Cl)cccc1C(F)(F)F. The van der Waals surface area contributed by atoms with E-state index in [1.807, 2.05) is 0 Å². The molecule has 31 heavy (non-hydrogen) atoms. The summed E-state index contributed by atoms with van der Waals surface area (Å²) in [5, 5.41) is 1.52. The quantitative estimate of drug-likeness (QED) is 0.388. The van der Waals surface area contributed by atoms with Crippen molar-refractivity contribution in [1.29, 1.82) is 0 Å². The highest BCUT2D eigenvalue weighted by molar-refractivity contribution is 8.00. The van der Waals surface area contributed by atoms with Gasteiger partial charge in [-0.15, -0.1) is 11.8 Å². The molecule has 162 valence electrons. The van der Waals surface area contributed by atoms with E-state index in [1.165, 1.54) is 54.6 Å². The molecule has 0 aromatic heterocycles. The van der Waals surface area contributed by atoms with Gasteiger partial charge in [0.25, 0.3) is 0 Å². The maximum absolute atomic E-state index is 13.3. The van der Waals surface area contributed by atoms with E-state index in [-0.39, 0.29) is 10.8 Å². The number of hydrogen-bond donors (Lipinski definition) is 1. The molecule has 2 nitrogen and oxygen atoms in total. The molecule has 3 aromatic carbocycles. The number of carbonyl (C=O) groups is 1. The van der Waals surface area contributed by atoms with E-state index < -0.39 is 40.2 Å². The van der Waals surface area contributed by atoms with Crippen molar-refractivity contribution in [3.05, 3.63) is 100 Å². The Labute approximate surface area is 184 Å². The molecule has 0 atom stereocenters. The van der Waals surface area contributed by atoms with E-state index in [0.29, 0.717) is 11.1 Å². The lowest BCUT2D eigenvalue weighted by Crippen LogP contribution is -2.19. The predicted octanol–water partition coefficient (Wildman–Crippen LogP) is 7.10. The molecule has 1 N–H and O–H groups in total. The van der Waals surface area contributed by atoms with Crippen LogP contribution in [0.3, 0.4) is 0 Å². The van der Waals surface area contributed by atoms with Gasteiger partial charge in [-0.2, -0.15) is 13.2 Å². The molecule has 0 unspecified atom stereocenters. The third-order valence-corrected chi connectivity index (χ3v) is 5.93. The Kier molecular flexibility index (Phi) is 7.23. The molecule has 0 bridgehead atoms. The molecule has 3 aromatic rings. The number of benzene rings is 3. The third kappa shape index (κ3) is 5.98. The minimum Gasteiger partial charge on any atom is -0.324 e. The van der Waals surface area contributed by atoms with Crippen LogP contribution in [0.4, 0.5) is 27.6 Å². The maximum atomic E-state index is 13.3. The van der Waals surface area contributed by atoms with Gasteiger partial charge in [0, 0.05) is 0 Å². The Morgan fingerprint density at radius 2 is 1.42 bits per heavy atom. The maximum Gasteiger partial charge on any atom is 0.418 e. The second-order valence-corrected chi connectivity index (χ2v) is 8.00. The summed E-state index contributed by atoms with van der Waals surface area (Å²) in [6.45, 7) is 0. The number of carbonyl (C=O) groups excluding carboxylic acids is 1. The highest BCUT2D eigenvalue weighted by Crippen LogP contribution is 2.39. The van der Waals surface area contributed by atoms with Gasteiger partial charge in [-0.3, -0.25) is 4.79 Å². The van der Waals surface area contributed by atoms with Crippen LogP contribution in [0.1, 0.15) is 21.9 Å². The standard InChI is InChI=1S/C22H15ClF5NOS/c23-18-3-1-2-17(22(26,27)28)20(18)29-19(30)12-31-21(13-4-8-15(24)9-5-13)14-6-10-16(25)11-7-14/h1-11,21H,12H2,(H,29,30). The van der Waals surface area contributed by atoms with Crippen LogP contribution in [0.15, 0.2) is 66.7 Å².